The molecule has 0 aliphatic carbocycles. The Morgan fingerprint density at radius 2 is 1.89 bits per heavy atom. The van der Waals surface area contributed by atoms with Gasteiger partial charge in [-0.25, -0.2) is 13.8 Å². The third-order valence-electron chi connectivity index (χ3n) is 3.44. The molecule has 0 saturated carbocycles. The highest BCUT2D eigenvalue weighted by Crippen LogP contribution is 2.37. The summed E-state index contributed by atoms with van der Waals surface area (Å²) in [6.45, 7) is 11.0. The minimum atomic E-state index is -2.53. The van der Waals surface area contributed by atoms with Gasteiger partial charge < -0.3 is 4.43 Å². The first-order valence-corrected chi connectivity index (χ1v) is 8.92. The Labute approximate surface area is 109 Å². The van der Waals surface area contributed by atoms with Crippen LogP contribution in [0.5, 0.6) is 0 Å². The molecule has 1 aromatic heterocycles. The van der Waals surface area contributed by atoms with Crippen LogP contribution < -0.4 is 0 Å². The molecule has 1 rings (SSSR count). The molecule has 0 N–H and O–H groups in total. The molecule has 0 aromatic carbocycles. The third kappa shape index (κ3) is 3.85. The summed E-state index contributed by atoms with van der Waals surface area (Å²) in [6.07, 6.45) is -2.53. The van der Waals surface area contributed by atoms with Gasteiger partial charge in [0.1, 0.15) is 5.69 Å². The van der Waals surface area contributed by atoms with Crippen molar-refractivity contribution in [3.05, 3.63) is 29.6 Å². The van der Waals surface area contributed by atoms with Gasteiger partial charge in [-0.2, -0.15) is 0 Å². The second-order valence-corrected chi connectivity index (χ2v) is 10.7. The molecule has 0 fully saturated rings. The molecule has 2 nitrogen and oxygen atoms in total. The van der Waals surface area contributed by atoms with Gasteiger partial charge in [-0.05, 0) is 30.3 Å². The SMILES string of the molecule is CC(C)(C)[Si](C)(C)OCc1cccc(C(F)F)n1. The molecular formula is C13H21F2NOSi. The lowest BCUT2D eigenvalue weighted by Gasteiger charge is -2.36. The summed E-state index contributed by atoms with van der Waals surface area (Å²) in [4.78, 5) is 3.90. The first-order valence-electron chi connectivity index (χ1n) is 6.01. The predicted molar refractivity (Wildman–Crippen MR) is 71.2 cm³/mol. The van der Waals surface area contributed by atoms with Crippen molar-refractivity contribution in [2.24, 2.45) is 0 Å². The maximum Gasteiger partial charge on any atom is 0.280 e. The molecule has 5 heteroatoms. The Kier molecular flexibility index (Phi) is 4.61. The molecule has 1 heterocycles. The highest BCUT2D eigenvalue weighted by molar-refractivity contribution is 6.74. The van der Waals surface area contributed by atoms with E-state index in [4.69, 9.17) is 4.43 Å². The predicted octanol–water partition coefficient (Wildman–Crippen LogP) is 4.54. The van der Waals surface area contributed by atoms with Crippen LogP contribution in [-0.4, -0.2) is 13.3 Å². The number of nitrogens with zero attached hydrogens (tertiary/aromatic N) is 1. The number of pyridine rings is 1. The third-order valence-corrected chi connectivity index (χ3v) is 7.92. The van der Waals surface area contributed by atoms with Crippen LogP contribution in [0.25, 0.3) is 0 Å². The fraction of sp³-hybridized carbons (Fsp3) is 0.615. The van der Waals surface area contributed by atoms with Crippen LogP contribution >= 0.6 is 0 Å². The fourth-order valence-corrected chi connectivity index (χ4v) is 2.11. The standard InChI is InChI=1S/C13H21F2NOSi/c1-13(2,3)18(4,5)17-9-10-7-6-8-11(16-10)12(14)15/h6-8,12H,9H2,1-5H3. The zero-order chi connectivity index (χ0) is 14.0. The number of hydrogen-bond acceptors (Lipinski definition) is 2. The maximum atomic E-state index is 12.5. The van der Waals surface area contributed by atoms with Crippen LogP contribution in [0.2, 0.25) is 18.1 Å². The van der Waals surface area contributed by atoms with E-state index < -0.39 is 14.7 Å². The summed E-state index contributed by atoms with van der Waals surface area (Å²) in [5, 5.41) is 0.104. The summed E-state index contributed by atoms with van der Waals surface area (Å²) >= 11 is 0. The van der Waals surface area contributed by atoms with Crippen molar-refractivity contribution in [1.82, 2.24) is 4.98 Å². The van der Waals surface area contributed by atoms with E-state index in [0.717, 1.165) is 0 Å². The Morgan fingerprint density at radius 1 is 1.28 bits per heavy atom. The zero-order valence-corrected chi connectivity index (χ0v) is 12.6. The van der Waals surface area contributed by atoms with Gasteiger partial charge in [0.15, 0.2) is 8.32 Å². The smallest absolute Gasteiger partial charge is 0.280 e. The van der Waals surface area contributed by atoms with Crippen molar-refractivity contribution in [3.8, 4) is 0 Å². The van der Waals surface area contributed by atoms with Crippen molar-refractivity contribution < 1.29 is 13.2 Å². The Bertz CT molecular complexity index is 402. The molecule has 102 valence electrons. The maximum absolute atomic E-state index is 12.5. The van der Waals surface area contributed by atoms with Crippen LogP contribution in [0, 0.1) is 0 Å². The van der Waals surface area contributed by atoms with Gasteiger partial charge in [0.05, 0.1) is 12.3 Å². The number of alkyl halides is 2. The van der Waals surface area contributed by atoms with Crippen molar-refractivity contribution in [3.63, 3.8) is 0 Å². The zero-order valence-electron chi connectivity index (χ0n) is 11.6. The molecule has 0 aliphatic rings. The van der Waals surface area contributed by atoms with Gasteiger partial charge in [0.2, 0.25) is 0 Å². The Balaban J connectivity index is 2.72. The van der Waals surface area contributed by atoms with Crippen molar-refractivity contribution >= 4 is 8.32 Å². The van der Waals surface area contributed by atoms with Gasteiger partial charge >= 0.3 is 0 Å². The van der Waals surface area contributed by atoms with E-state index in [1.54, 1.807) is 12.1 Å². The van der Waals surface area contributed by atoms with Crippen LogP contribution in [-0.2, 0) is 11.0 Å². The molecule has 0 amide bonds. The highest BCUT2D eigenvalue weighted by atomic mass is 28.4. The summed E-state index contributed by atoms with van der Waals surface area (Å²) in [5.74, 6) is 0. The largest absolute Gasteiger partial charge is 0.411 e. The lowest BCUT2D eigenvalue weighted by molar-refractivity contribution is 0.145. The second kappa shape index (κ2) is 5.44. The van der Waals surface area contributed by atoms with Gasteiger partial charge in [0, 0.05) is 0 Å². The van der Waals surface area contributed by atoms with Crippen molar-refractivity contribution in [1.29, 1.82) is 0 Å². The number of hydrogen-bond donors (Lipinski definition) is 0. The molecular weight excluding hydrogens is 252 g/mol. The lowest BCUT2D eigenvalue weighted by Crippen LogP contribution is -2.40. The topological polar surface area (TPSA) is 22.1 Å². The van der Waals surface area contributed by atoms with E-state index in [1.807, 2.05) is 0 Å². The minimum Gasteiger partial charge on any atom is -0.411 e. The lowest BCUT2D eigenvalue weighted by atomic mass is 10.2. The average molecular weight is 273 g/mol. The first-order chi connectivity index (χ1) is 8.13. The van der Waals surface area contributed by atoms with Crippen molar-refractivity contribution in [2.45, 2.75) is 51.9 Å². The Hall–Kier alpha value is -0.813. The number of rotatable bonds is 4. The summed E-state index contributed by atoms with van der Waals surface area (Å²) in [6, 6.07) is 4.65. The van der Waals surface area contributed by atoms with E-state index >= 15 is 0 Å². The molecule has 0 spiro atoms. The molecule has 0 aliphatic heterocycles. The van der Waals surface area contributed by atoms with Gasteiger partial charge in [-0.15, -0.1) is 0 Å². The Morgan fingerprint density at radius 3 is 2.39 bits per heavy atom. The summed E-state index contributed by atoms with van der Waals surface area (Å²) in [7, 11) is -1.86. The monoisotopic (exact) mass is 273 g/mol. The molecule has 0 radical (unpaired) electrons. The van der Waals surface area contributed by atoms with Crippen LogP contribution in [0.15, 0.2) is 18.2 Å². The van der Waals surface area contributed by atoms with E-state index in [1.165, 1.54) is 6.07 Å². The van der Waals surface area contributed by atoms with Gasteiger partial charge in [-0.3, -0.25) is 0 Å². The number of aromatic nitrogens is 1. The molecule has 1 aromatic rings. The highest BCUT2D eigenvalue weighted by Gasteiger charge is 2.37. The first kappa shape index (κ1) is 15.2. The van der Waals surface area contributed by atoms with E-state index in [2.05, 4.69) is 38.8 Å². The average Bonchev–Trinajstić information content (AvgIpc) is 2.25. The number of halogens is 2. The minimum absolute atomic E-state index is 0.104. The molecule has 0 saturated heterocycles. The molecule has 0 unspecified atom stereocenters. The van der Waals surface area contributed by atoms with Crippen molar-refractivity contribution in [2.75, 3.05) is 0 Å². The second-order valence-electron chi connectivity index (χ2n) is 5.90. The van der Waals surface area contributed by atoms with Crippen LogP contribution in [0.3, 0.4) is 0 Å². The summed E-state index contributed by atoms with van der Waals surface area (Å²) < 4.78 is 31.0. The van der Waals surface area contributed by atoms with Gasteiger partial charge in [0.25, 0.3) is 6.43 Å². The van der Waals surface area contributed by atoms with Crippen LogP contribution in [0.4, 0.5) is 8.78 Å². The van der Waals surface area contributed by atoms with E-state index in [0.29, 0.717) is 12.3 Å². The fourth-order valence-electron chi connectivity index (χ4n) is 1.17. The van der Waals surface area contributed by atoms with E-state index in [9.17, 15) is 8.78 Å². The molecule has 0 atom stereocenters. The quantitative estimate of drug-likeness (QED) is 0.751. The molecule has 18 heavy (non-hydrogen) atoms. The normalized spacial score (nSPS) is 13.1. The van der Waals surface area contributed by atoms with Gasteiger partial charge in [-0.1, -0.05) is 26.8 Å². The van der Waals surface area contributed by atoms with Crippen LogP contribution in [0.1, 0.15) is 38.6 Å². The molecule has 0 bridgehead atoms. The van der Waals surface area contributed by atoms with E-state index in [-0.39, 0.29) is 10.7 Å². The summed E-state index contributed by atoms with van der Waals surface area (Å²) in [5.41, 5.74) is 0.379.